The Labute approximate surface area is 205 Å². The normalized spacial score (nSPS) is 17.3. The highest BCUT2D eigenvalue weighted by Gasteiger charge is 2.35. The van der Waals surface area contributed by atoms with E-state index in [0.29, 0.717) is 55.9 Å². The molecule has 1 aliphatic carbocycles. The molecule has 1 N–H and O–H groups in total. The standard InChI is InChI=1S/C28H33N3O4/c1-2-35-22-11-7-20(8-12-22)28(15-17-34-18-16-28)19-29-26(32)14-13-25-30-24-6-4-3-5-23(24)27(33)31(25)21-9-10-21/h3-8,11-12,21H,2,9-10,13-19H2,1H3,(H,29,32). The maximum atomic E-state index is 13.1. The summed E-state index contributed by atoms with van der Waals surface area (Å²) < 4.78 is 13.0. The number of hydrogen-bond donors (Lipinski definition) is 1. The lowest BCUT2D eigenvalue weighted by Gasteiger charge is -2.38. The van der Waals surface area contributed by atoms with Gasteiger partial charge in [0.05, 0.1) is 17.5 Å². The van der Waals surface area contributed by atoms with Crippen molar-refractivity contribution in [3.63, 3.8) is 0 Å². The van der Waals surface area contributed by atoms with Crippen LogP contribution in [-0.4, -0.2) is 41.8 Å². The summed E-state index contributed by atoms with van der Waals surface area (Å²) in [6.45, 7) is 4.52. The minimum Gasteiger partial charge on any atom is -0.494 e. The quantitative estimate of drug-likeness (QED) is 0.507. The van der Waals surface area contributed by atoms with E-state index in [1.807, 2.05) is 47.9 Å². The van der Waals surface area contributed by atoms with Crippen LogP contribution in [0.1, 0.15) is 56.5 Å². The van der Waals surface area contributed by atoms with Crippen LogP contribution < -0.4 is 15.6 Å². The van der Waals surface area contributed by atoms with E-state index in [9.17, 15) is 9.59 Å². The molecule has 2 heterocycles. The molecule has 7 heteroatoms. The number of aromatic nitrogens is 2. The lowest BCUT2D eigenvalue weighted by Crippen LogP contribution is -2.44. The summed E-state index contributed by atoms with van der Waals surface area (Å²) >= 11 is 0. The monoisotopic (exact) mass is 475 g/mol. The van der Waals surface area contributed by atoms with Crippen molar-refractivity contribution in [2.45, 2.75) is 56.9 Å². The maximum Gasteiger partial charge on any atom is 0.261 e. The van der Waals surface area contributed by atoms with Crippen molar-refractivity contribution < 1.29 is 14.3 Å². The predicted molar refractivity (Wildman–Crippen MR) is 135 cm³/mol. The Kier molecular flexibility index (Phi) is 6.86. The van der Waals surface area contributed by atoms with E-state index >= 15 is 0 Å². The summed E-state index contributed by atoms with van der Waals surface area (Å²) in [4.78, 5) is 30.8. The molecule has 2 fully saturated rings. The van der Waals surface area contributed by atoms with Crippen LogP contribution in [0, 0.1) is 0 Å². The van der Waals surface area contributed by atoms with Gasteiger partial charge in [-0.2, -0.15) is 0 Å². The zero-order valence-electron chi connectivity index (χ0n) is 20.3. The first-order valence-corrected chi connectivity index (χ1v) is 12.7. The van der Waals surface area contributed by atoms with Crippen molar-refractivity contribution in [2.24, 2.45) is 0 Å². The van der Waals surface area contributed by atoms with Gasteiger partial charge in [0, 0.05) is 44.1 Å². The van der Waals surface area contributed by atoms with Crippen molar-refractivity contribution in [2.75, 3.05) is 26.4 Å². The Morgan fingerprint density at radius 1 is 1.14 bits per heavy atom. The van der Waals surface area contributed by atoms with Crippen molar-refractivity contribution >= 4 is 16.8 Å². The van der Waals surface area contributed by atoms with Gasteiger partial charge in [-0.1, -0.05) is 24.3 Å². The van der Waals surface area contributed by atoms with Crippen molar-refractivity contribution in [3.05, 3.63) is 70.3 Å². The second-order valence-electron chi connectivity index (χ2n) is 9.58. The molecule has 2 aromatic carbocycles. The molecule has 0 spiro atoms. The number of carbonyl (C=O) groups is 1. The average Bonchev–Trinajstić information content (AvgIpc) is 3.73. The molecule has 7 nitrogen and oxygen atoms in total. The largest absolute Gasteiger partial charge is 0.494 e. The number of ether oxygens (including phenoxy) is 2. The van der Waals surface area contributed by atoms with E-state index in [-0.39, 0.29) is 22.9 Å². The molecule has 3 aromatic rings. The van der Waals surface area contributed by atoms with Crippen LogP contribution in [0.5, 0.6) is 5.75 Å². The molecular weight excluding hydrogens is 442 g/mol. The first-order valence-electron chi connectivity index (χ1n) is 12.7. The average molecular weight is 476 g/mol. The fourth-order valence-corrected chi connectivity index (χ4v) is 5.06. The van der Waals surface area contributed by atoms with E-state index < -0.39 is 0 Å². The first-order chi connectivity index (χ1) is 17.1. The summed E-state index contributed by atoms with van der Waals surface area (Å²) in [6, 6.07) is 15.9. The first kappa shape index (κ1) is 23.5. The summed E-state index contributed by atoms with van der Waals surface area (Å²) in [5, 5.41) is 3.82. The smallest absolute Gasteiger partial charge is 0.261 e. The molecule has 1 saturated heterocycles. The number of nitrogens with zero attached hydrogens (tertiary/aromatic N) is 2. The van der Waals surface area contributed by atoms with Gasteiger partial charge in [-0.3, -0.25) is 14.2 Å². The molecule has 1 aliphatic heterocycles. The topological polar surface area (TPSA) is 82.5 Å². The zero-order valence-corrected chi connectivity index (χ0v) is 20.3. The van der Waals surface area contributed by atoms with E-state index in [0.717, 1.165) is 31.4 Å². The second kappa shape index (κ2) is 10.2. The van der Waals surface area contributed by atoms with Crippen molar-refractivity contribution in [1.82, 2.24) is 14.9 Å². The van der Waals surface area contributed by atoms with Gasteiger partial charge in [0.25, 0.3) is 5.56 Å². The van der Waals surface area contributed by atoms with Crippen molar-refractivity contribution in [3.8, 4) is 5.75 Å². The summed E-state index contributed by atoms with van der Waals surface area (Å²) in [6.07, 6.45) is 4.44. The third-order valence-electron chi connectivity index (χ3n) is 7.22. The Morgan fingerprint density at radius 3 is 2.60 bits per heavy atom. The lowest BCUT2D eigenvalue weighted by molar-refractivity contribution is -0.121. The number of aryl methyl sites for hydroxylation is 1. The van der Waals surface area contributed by atoms with Crippen LogP contribution in [0.3, 0.4) is 0 Å². The Morgan fingerprint density at radius 2 is 1.89 bits per heavy atom. The van der Waals surface area contributed by atoms with Gasteiger partial charge in [-0.05, 0) is 62.4 Å². The molecule has 1 amide bonds. The van der Waals surface area contributed by atoms with Crippen LogP contribution in [0.4, 0.5) is 0 Å². The van der Waals surface area contributed by atoms with Gasteiger partial charge in [-0.15, -0.1) is 0 Å². The van der Waals surface area contributed by atoms with Crippen LogP contribution in [0.25, 0.3) is 10.9 Å². The fraction of sp³-hybridized carbons (Fsp3) is 0.464. The Balaban J connectivity index is 1.28. The molecule has 5 rings (SSSR count). The minimum absolute atomic E-state index is 0.00478. The van der Waals surface area contributed by atoms with Crippen LogP contribution >= 0.6 is 0 Å². The Bertz CT molecular complexity index is 1240. The van der Waals surface area contributed by atoms with Gasteiger partial charge in [0.2, 0.25) is 5.91 Å². The maximum absolute atomic E-state index is 13.1. The number of carbonyl (C=O) groups excluding carboxylic acids is 1. The second-order valence-corrected chi connectivity index (χ2v) is 9.58. The summed E-state index contributed by atoms with van der Waals surface area (Å²) in [5.74, 6) is 1.54. The van der Waals surface area contributed by atoms with Gasteiger partial charge in [0.1, 0.15) is 11.6 Å². The predicted octanol–water partition coefficient (Wildman–Crippen LogP) is 3.93. The molecule has 2 aliphatic rings. The lowest BCUT2D eigenvalue weighted by atomic mass is 9.74. The van der Waals surface area contributed by atoms with Gasteiger partial charge < -0.3 is 14.8 Å². The van der Waals surface area contributed by atoms with Gasteiger partial charge >= 0.3 is 0 Å². The van der Waals surface area contributed by atoms with Crippen LogP contribution in [-0.2, 0) is 21.4 Å². The van der Waals surface area contributed by atoms with Gasteiger partial charge in [0.15, 0.2) is 0 Å². The zero-order chi connectivity index (χ0) is 24.3. The third-order valence-corrected chi connectivity index (χ3v) is 7.22. The molecular formula is C28H33N3O4. The van der Waals surface area contributed by atoms with E-state index in [2.05, 4.69) is 17.4 Å². The number of hydrogen-bond acceptors (Lipinski definition) is 5. The highest BCUT2D eigenvalue weighted by molar-refractivity contribution is 5.78. The van der Waals surface area contributed by atoms with Crippen LogP contribution in [0.15, 0.2) is 53.3 Å². The number of benzene rings is 2. The molecule has 1 aromatic heterocycles. The van der Waals surface area contributed by atoms with E-state index in [1.54, 1.807) is 0 Å². The van der Waals surface area contributed by atoms with Crippen molar-refractivity contribution in [1.29, 1.82) is 0 Å². The van der Waals surface area contributed by atoms with Crippen LogP contribution in [0.2, 0.25) is 0 Å². The fourth-order valence-electron chi connectivity index (χ4n) is 5.06. The molecule has 0 radical (unpaired) electrons. The number of para-hydroxylation sites is 1. The van der Waals surface area contributed by atoms with E-state index in [4.69, 9.17) is 14.5 Å². The molecule has 1 saturated carbocycles. The van der Waals surface area contributed by atoms with E-state index in [1.165, 1.54) is 5.56 Å². The number of fused-ring (bicyclic) bond motifs is 1. The molecule has 184 valence electrons. The molecule has 0 unspecified atom stereocenters. The summed E-state index contributed by atoms with van der Waals surface area (Å²) in [5.41, 5.74) is 1.74. The SMILES string of the molecule is CCOc1ccc(C2(CNC(=O)CCc3nc4ccccc4c(=O)n3C3CC3)CCOCC2)cc1. The number of rotatable bonds is 9. The highest BCUT2D eigenvalue weighted by atomic mass is 16.5. The number of nitrogens with one attached hydrogen (secondary N) is 1. The minimum atomic E-state index is -0.157. The molecule has 0 atom stereocenters. The number of amides is 1. The molecule has 0 bridgehead atoms. The molecule has 35 heavy (non-hydrogen) atoms. The van der Waals surface area contributed by atoms with Gasteiger partial charge in [-0.25, -0.2) is 4.98 Å². The highest BCUT2D eigenvalue weighted by Crippen LogP contribution is 2.36. The third kappa shape index (κ3) is 5.10. The Hall–Kier alpha value is -3.19. The summed E-state index contributed by atoms with van der Waals surface area (Å²) in [7, 11) is 0.